The molecule has 0 aromatic heterocycles. The van der Waals surface area contributed by atoms with Crippen LogP contribution in [0.2, 0.25) is 0 Å². The minimum absolute atomic E-state index is 0.0227. The van der Waals surface area contributed by atoms with E-state index in [2.05, 4.69) is 26.0 Å². The van der Waals surface area contributed by atoms with E-state index in [9.17, 15) is 17.6 Å². The second-order valence-electron chi connectivity index (χ2n) is 3.58. The van der Waals surface area contributed by atoms with Crippen LogP contribution in [0.3, 0.4) is 0 Å². The lowest BCUT2D eigenvalue weighted by Gasteiger charge is -2.09. The molecular weight excluding hydrogens is 318 g/mol. The molecule has 102 valence electrons. The van der Waals surface area contributed by atoms with Crippen molar-refractivity contribution in [3.8, 4) is 0 Å². The summed E-state index contributed by atoms with van der Waals surface area (Å²) in [5, 5.41) is 2.95. The van der Waals surface area contributed by atoms with Gasteiger partial charge in [-0.25, -0.2) is 4.39 Å². The number of halogens is 5. The van der Waals surface area contributed by atoms with Crippen LogP contribution in [0, 0.1) is 5.82 Å². The first-order valence-electron chi connectivity index (χ1n) is 5.22. The minimum atomic E-state index is -4.28. The molecule has 0 aliphatic heterocycles. The SMILES string of the molecule is Fc1ccc(NCCCOCC(F)(F)F)cc1Br. The Morgan fingerprint density at radius 3 is 2.61 bits per heavy atom. The normalized spacial score (nSPS) is 11.6. The summed E-state index contributed by atoms with van der Waals surface area (Å²) in [6, 6.07) is 4.41. The van der Waals surface area contributed by atoms with E-state index in [-0.39, 0.29) is 12.4 Å². The molecule has 18 heavy (non-hydrogen) atoms. The Hall–Kier alpha value is -0.820. The summed E-state index contributed by atoms with van der Waals surface area (Å²) in [6.45, 7) is -0.750. The number of alkyl halides is 3. The fraction of sp³-hybridized carbons (Fsp3) is 0.455. The van der Waals surface area contributed by atoms with Crippen LogP contribution in [0.1, 0.15) is 6.42 Å². The van der Waals surface area contributed by atoms with Crippen LogP contribution in [0.5, 0.6) is 0 Å². The van der Waals surface area contributed by atoms with Crippen molar-refractivity contribution in [2.45, 2.75) is 12.6 Å². The zero-order valence-corrected chi connectivity index (χ0v) is 10.9. The Morgan fingerprint density at radius 1 is 1.28 bits per heavy atom. The van der Waals surface area contributed by atoms with Crippen molar-refractivity contribution in [1.29, 1.82) is 0 Å². The van der Waals surface area contributed by atoms with Crippen LogP contribution >= 0.6 is 15.9 Å². The van der Waals surface area contributed by atoms with Crippen LogP contribution in [0.25, 0.3) is 0 Å². The van der Waals surface area contributed by atoms with Gasteiger partial charge >= 0.3 is 6.18 Å². The topological polar surface area (TPSA) is 21.3 Å². The van der Waals surface area contributed by atoms with Crippen molar-refractivity contribution >= 4 is 21.6 Å². The van der Waals surface area contributed by atoms with Crippen LogP contribution in [-0.2, 0) is 4.74 Å². The highest BCUT2D eigenvalue weighted by Gasteiger charge is 2.27. The van der Waals surface area contributed by atoms with Gasteiger partial charge in [-0.1, -0.05) is 0 Å². The molecule has 0 fully saturated rings. The Balaban J connectivity index is 2.16. The first-order valence-corrected chi connectivity index (χ1v) is 6.01. The Bertz CT molecular complexity index is 384. The first kappa shape index (κ1) is 15.2. The van der Waals surface area contributed by atoms with Crippen LogP contribution in [-0.4, -0.2) is 25.9 Å². The average Bonchev–Trinajstić information content (AvgIpc) is 2.26. The van der Waals surface area contributed by atoms with Gasteiger partial charge in [-0.2, -0.15) is 13.2 Å². The fourth-order valence-corrected chi connectivity index (χ4v) is 1.58. The molecule has 0 aliphatic carbocycles. The third kappa shape index (κ3) is 6.20. The number of nitrogens with one attached hydrogen (secondary N) is 1. The van der Waals surface area contributed by atoms with Gasteiger partial charge in [-0.3, -0.25) is 0 Å². The van der Waals surface area contributed by atoms with Crippen molar-refractivity contribution in [2.24, 2.45) is 0 Å². The molecule has 0 saturated heterocycles. The number of hydrogen-bond donors (Lipinski definition) is 1. The van der Waals surface area contributed by atoms with E-state index in [1.165, 1.54) is 6.07 Å². The van der Waals surface area contributed by atoms with E-state index in [1.807, 2.05) is 0 Å². The molecule has 0 radical (unpaired) electrons. The van der Waals surface area contributed by atoms with E-state index >= 15 is 0 Å². The van der Waals surface area contributed by atoms with Crippen molar-refractivity contribution < 1.29 is 22.3 Å². The maximum Gasteiger partial charge on any atom is 0.411 e. The van der Waals surface area contributed by atoms with E-state index in [0.29, 0.717) is 23.1 Å². The molecule has 0 aliphatic rings. The molecule has 1 N–H and O–H groups in total. The summed E-state index contributed by atoms with van der Waals surface area (Å²) in [7, 11) is 0. The second kappa shape index (κ2) is 6.94. The van der Waals surface area contributed by atoms with Gasteiger partial charge in [-0.15, -0.1) is 0 Å². The van der Waals surface area contributed by atoms with Gasteiger partial charge in [0.15, 0.2) is 0 Å². The third-order valence-electron chi connectivity index (χ3n) is 1.98. The van der Waals surface area contributed by atoms with Gasteiger partial charge in [0.2, 0.25) is 0 Å². The maximum atomic E-state index is 12.9. The monoisotopic (exact) mass is 329 g/mol. The van der Waals surface area contributed by atoms with Gasteiger partial charge in [0.25, 0.3) is 0 Å². The van der Waals surface area contributed by atoms with E-state index in [4.69, 9.17) is 0 Å². The number of ether oxygens (including phenoxy) is 1. The summed E-state index contributed by atoms with van der Waals surface area (Å²) >= 11 is 3.04. The standard InChI is InChI=1S/C11H12BrF4NO/c12-9-6-8(2-3-10(9)13)17-4-1-5-18-7-11(14,15)16/h2-3,6,17H,1,4-5,7H2. The molecule has 0 atom stereocenters. The predicted octanol–water partition coefficient (Wildman–Crippen LogP) is 3.97. The third-order valence-corrected chi connectivity index (χ3v) is 2.59. The molecule has 1 aromatic carbocycles. The van der Waals surface area contributed by atoms with Crippen molar-refractivity contribution in [3.05, 3.63) is 28.5 Å². The number of anilines is 1. The van der Waals surface area contributed by atoms with Crippen LogP contribution in [0.15, 0.2) is 22.7 Å². The van der Waals surface area contributed by atoms with Gasteiger partial charge in [-0.05, 0) is 40.5 Å². The predicted molar refractivity (Wildman–Crippen MR) is 64.1 cm³/mol. The lowest BCUT2D eigenvalue weighted by atomic mass is 10.3. The minimum Gasteiger partial charge on any atom is -0.385 e. The first-order chi connectivity index (χ1) is 8.38. The zero-order valence-electron chi connectivity index (χ0n) is 9.36. The summed E-state index contributed by atoms with van der Waals surface area (Å²) in [5.74, 6) is -0.367. The van der Waals surface area contributed by atoms with Crippen molar-refractivity contribution in [2.75, 3.05) is 25.1 Å². The number of rotatable bonds is 6. The summed E-state index contributed by atoms with van der Waals surface area (Å²) < 4.78 is 52.9. The Kier molecular flexibility index (Phi) is 5.87. The molecule has 0 heterocycles. The molecular formula is C11H12BrF4NO. The lowest BCUT2D eigenvalue weighted by molar-refractivity contribution is -0.173. The highest BCUT2D eigenvalue weighted by atomic mass is 79.9. The molecule has 0 unspecified atom stereocenters. The highest BCUT2D eigenvalue weighted by Crippen LogP contribution is 2.20. The number of hydrogen-bond acceptors (Lipinski definition) is 2. The Morgan fingerprint density at radius 2 is 2.00 bits per heavy atom. The molecule has 0 bridgehead atoms. The molecule has 0 saturated carbocycles. The van der Waals surface area contributed by atoms with Gasteiger partial charge in [0, 0.05) is 18.8 Å². The average molecular weight is 330 g/mol. The summed E-state index contributed by atoms with van der Waals surface area (Å²) in [6.07, 6.45) is -3.85. The zero-order chi connectivity index (χ0) is 13.6. The smallest absolute Gasteiger partial charge is 0.385 e. The largest absolute Gasteiger partial charge is 0.411 e. The Labute approximate surface area is 110 Å². The lowest BCUT2D eigenvalue weighted by Crippen LogP contribution is -2.18. The molecule has 1 rings (SSSR count). The molecule has 2 nitrogen and oxygen atoms in total. The van der Waals surface area contributed by atoms with Crippen molar-refractivity contribution in [3.63, 3.8) is 0 Å². The maximum absolute atomic E-state index is 12.9. The number of benzene rings is 1. The van der Waals surface area contributed by atoms with E-state index < -0.39 is 12.8 Å². The highest BCUT2D eigenvalue weighted by molar-refractivity contribution is 9.10. The quantitative estimate of drug-likeness (QED) is 0.630. The molecule has 7 heteroatoms. The molecule has 1 aromatic rings. The second-order valence-corrected chi connectivity index (χ2v) is 4.43. The van der Waals surface area contributed by atoms with Gasteiger partial charge in [0.05, 0.1) is 4.47 Å². The fourth-order valence-electron chi connectivity index (χ4n) is 1.20. The van der Waals surface area contributed by atoms with Gasteiger partial charge < -0.3 is 10.1 Å². The van der Waals surface area contributed by atoms with Gasteiger partial charge in [0.1, 0.15) is 12.4 Å². The molecule has 0 spiro atoms. The van der Waals surface area contributed by atoms with Crippen LogP contribution < -0.4 is 5.32 Å². The van der Waals surface area contributed by atoms with E-state index in [1.54, 1.807) is 12.1 Å². The molecule has 0 amide bonds. The summed E-state index contributed by atoms with van der Waals surface area (Å²) in [4.78, 5) is 0. The van der Waals surface area contributed by atoms with Crippen LogP contribution in [0.4, 0.5) is 23.2 Å². The van der Waals surface area contributed by atoms with E-state index in [0.717, 1.165) is 0 Å². The van der Waals surface area contributed by atoms with Crippen molar-refractivity contribution in [1.82, 2.24) is 0 Å². The summed E-state index contributed by atoms with van der Waals surface area (Å²) in [5.41, 5.74) is 0.694.